The normalized spacial score (nSPS) is 11.9. The van der Waals surface area contributed by atoms with Crippen molar-refractivity contribution in [3.05, 3.63) is 0 Å². The van der Waals surface area contributed by atoms with Gasteiger partial charge >= 0.3 is 0 Å². The van der Waals surface area contributed by atoms with E-state index in [9.17, 15) is 0 Å². The first-order valence-corrected chi connectivity index (χ1v) is 14.0. The van der Waals surface area contributed by atoms with Crippen LogP contribution in [0.3, 0.4) is 0 Å². The fraction of sp³-hybridized carbons (Fsp3) is 1.00. The highest BCUT2D eigenvalue weighted by atomic mass is 32.3. The summed E-state index contributed by atoms with van der Waals surface area (Å²) in [4.78, 5) is 0. The van der Waals surface area contributed by atoms with E-state index in [1.54, 1.807) is 0 Å². The van der Waals surface area contributed by atoms with Crippen LogP contribution in [0, 0.1) is 0 Å². The molecule has 0 heterocycles. The van der Waals surface area contributed by atoms with Gasteiger partial charge in [0, 0.05) is 51.6 Å². The van der Waals surface area contributed by atoms with Crippen molar-refractivity contribution in [3.8, 4) is 0 Å². The first kappa shape index (κ1) is 24.7. The molecule has 0 rings (SSSR count). The van der Waals surface area contributed by atoms with Gasteiger partial charge in [-0.2, -0.15) is 0 Å². The van der Waals surface area contributed by atoms with E-state index in [-0.39, 0.29) is 7.26 Å². The lowest BCUT2D eigenvalue weighted by molar-refractivity contribution is 0.352. The maximum absolute atomic E-state index is 8.52. The lowest BCUT2D eigenvalue weighted by Crippen LogP contribution is -2.04. The lowest BCUT2D eigenvalue weighted by atomic mass is 10.9. The summed E-state index contributed by atoms with van der Waals surface area (Å²) in [6, 6.07) is 0. The predicted molar refractivity (Wildman–Crippen MR) is 90.2 cm³/mol. The Hall–Kier alpha value is 0.730. The third kappa shape index (κ3) is 32.3. The van der Waals surface area contributed by atoms with E-state index >= 15 is 0 Å². The standard InChI is InChI=1S/C8H20P.C4H12P.H2O4S/c1-5-9(6-2,7-3)8-4;2*1-5(2,3)4/h5-8H2,1-4H3;1-4H3;(H2,1,2,3,4)/q2*+1;/p-2. The SMILES string of the molecule is CC[P+](CC)(CC)CC.C[P+](C)(C)C.O=S(=O)([O-])[O-]. The third-order valence-electron chi connectivity index (χ3n) is 2.68. The molecule has 0 amide bonds. The maximum Gasteiger partial charge on any atom is 0.0565 e. The van der Waals surface area contributed by atoms with Crippen LogP contribution >= 0.6 is 14.5 Å². The molecule has 120 valence electrons. The minimum absolute atomic E-state index is 0.389. The van der Waals surface area contributed by atoms with Gasteiger partial charge in [-0.15, -0.1) is 0 Å². The monoisotopic (exact) mass is 334 g/mol. The van der Waals surface area contributed by atoms with Crippen molar-refractivity contribution in [1.82, 2.24) is 0 Å². The van der Waals surface area contributed by atoms with Crippen LogP contribution in [-0.2, 0) is 10.4 Å². The molecule has 0 aromatic rings. The largest absolute Gasteiger partial charge is 0.759 e. The van der Waals surface area contributed by atoms with Crippen LogP contribution in [0.2, 0.25) is 0 Å². The highest BCUT2D eigenvalue weighted by molar-refractivity contribution is 7.79. The first-order chi connectivity index (χ1) is 8.24. The summed E-state index contributed by atoms with van der Waals surface area (Å²) in [6.45, 7) is 18.6. The summed E-state index contributed by atoms with van der Waals surface area (Å²) in [6.07, 6.45) is 5.82. The second-order valence-corrected chi connectivity index (χ2v) is 17.1. The van der Waals surface area contributed by atoms with Crippen LogP contribution in [0.25, 0.3) is 0 Å². The molecule has 0 aliphatic carbocycles. The fourth-order valence-corrected chi connectivity index (χ4v) is 4.02. The maximum atomic E-state index is 8.52. The Balaban J connectivity index is -0.000000219. The zero-order valence-corrected chi connectivity index (χ0v) is 16.4. The zero-order chi connectivity index (χ0) is 16.3. The Morgan fingerprint density at radius 2 is 0.842 bits per heavy atom. The Morgan fingerprint density at radius 1 is 0.737 bits per heavy atom. The molecule has 0 aliphatic heterocycles. The van der Waals surface area contributed by atoms with Gasteiger partial charge in [0.2, 0.25) is 0 Å². The summed E-state index contributed by atoms with van der Waals surface area (Å²) >= 11 is 0. The molecule has 0 unspecified atom stereocenters. The minimum atomic E-state index is -5.17. The van der Waals surface area contributed by atoms with Crippen molar-refractivity contribution < 1.29 is 17.5 Å². The van der Waals surface area contributed by atoms with E-state index in [1.165, 1.54) is 24.6 Å². The molecule has 0 fully saturated rings. The molecule has 0 radical (unpaired) electrons. The van der Waals surface area contributed by atoms with Gasteiger partial charge in [0.25, 0.3) is 0 Å². The molecule has 0 aromatic carbocycles. The quantitative estimate of drug-likeness (QED) is 0.449. The molecule has 0 atom stereocenters. The smallest absolute Gasteiger partial charge is 0.0565 e. The molecule has 0 saturated carbocycles. The van der Waals surface area contributed by atoms with Crippen molar-refractivity contribution in [3.63, 3.8) is 0 Å². The molecule has 0 aromatic heterocycles. The highest BCUT2D eigenvalue weighted by Crippen LogP contribution is 2.57. The van der Waals surface area contributed by atoms with Gasteiger partial charge in [-0.1, -0.05) is 0 Å². The van der Waals surface area contributed by atoms with Crippen molar-refractivity contribution in [2.45, 2.75) is 27.7 Å². The molecule has 4 nitrogen and oxygen atoms in total. The molecular formula is C12H32O4P2S. The number of hydrogen-bond donors (Lipinski definition) is 0. The highest BCUT2D eigenvalue weighted by Gasteiger charge is 2.27. The second-order valence-electron chi connectivity index (χ2n) is 5.70. The second kappa shape index (κ2) is 11.4. The fourth-order valence-electron chi connectivity index (χ4n) is 1.34. The summed E-state index contributed by atoms with van der Waals surface area (Å²) in [5.74, 6) is 0. The molecule has 0 aliphatic rings. The van der Waals surface area contributed by atoms with Gasteiger partial charge in [0.15, 0.2) is 0 Å². The molecular weight excluding hydrogens is 302 g/mol. The van der Waals surface area contributed by atoms with Gasteiger partial charge in [-0.25, -0.2) is 0 Å². The molecule has 19 heavy (non-hydrogen) atoms. The molecule has 0 saturated heterocycles. The summed E-state index contributed by atoms with van der Waals surface area (Å²) in [7, 11) is -5.98. The Bertz CT molecular complexity index is 262. The van der Waals surface area contributed by atoms with Crippen molar-refractivity contribution in [1.29, 1.82) is 0 Å². The zero-order valence-electron chi connectivity index (χ0n) is 13.8. The number of rotatable bonds is 4. The lowest BCUT2D eigenvalue weighted by Gasteiger charge is -2.20. The van der Waals surface area contributed by atoms with Gasteiger partial charge in [0.1, 0.15) is 0 Å². The average molecular weight is 334 g/mol. The predicted octanol–water partition coefficient (Wildman–Crippen LogP) is 3.27. The van der Waals surface area contributed by atoms with Crippen molar-refractivity contribution in [2.24, 2.45) is 0 Å². The Labute approximate surface area is 122 Å². The van der Waals surface area contributed by atoms with Crippen molar-refractivity contribution >= 4 is 24.9 Å². The topological polar surface area (TPSA) is 80.3 Å². The van der Waals surface area contributed by atoms with Crippen molar-refractivity contribution in [2.75, 3.05) is 51.3 Å². The summed E-state index contributed by atoms with van der Waals surface area (Å²) < 4.78 is 34.1. The minimum Gasteiger partial charge on any atom is -0.759 e. The van der Waals surface area contributed by atoms with Crippen LogP contribution in [0.1, 0.15) is 27.7 Å². The van der Waals surface area contributed by atoms with Crippen LogP contribution in [0.15, 0.2) is 0 Å². The third-order valence-corrected chi connectivity index (χ3v) is 8.05. The number of hydrogen-bond acceptors (Lipinski definition) is 4. The van der Waals surface area contributed by atoms with Crippen LogP contribution in [-0.4, -0.2) is 68.8 Å². The van der Waals surface area contributed by atoms with E-state index in [1.807, 2.05) is 0 Å². The van der Waals surface area contributed by atoms with E-state index < -0.39 is 17.7 Å². The molecule has 7 heteroatoms. The molecule has 0 bridgehead atoms. The van der Waals surface area contributed by atoms with E-state index in [4.69, 9.17) is 17.5 Å². The van der Waals surface area contributed by atoms with Gasteiger partial charge in [0.05, 0.1) is 24.6 Å². The van der Waals surface area contributed by atoms with Gasteiger partial charge < -0.3 is 9.11 Å². The van der Waals surface area contributed by atoms with Crippen LogP contribution < -0.4 is 0 Å². The first-order valence-electron chi connectivity index (χ1n) is 6.55. The molecule has 0 spiro atoms. The van der Waals surface area contributed by atoms with Gasteiger partial charge in [-0.05, 0) is 27.7 Å². The Kier molecular flexibility index (Phi) is 14.8. The van der Waals surface area contributed by atoms with E-state index in [2.05, 4.69) is 54.4 Å². The molecule has 0 N–H and O–H groups in total. The Morgan fingerprint density at radius 3 is 0.842 bits per heavy atom. The van der Waals surface area contributed by atoms with Crippen LogP contribution in [0.5, 0.6) is 0 Å². The summed E-state index contributed by atoms with van der Waals surface area (Å²) in [5.41, 5.74) is 0. The van der Waals surface area contributed by atoms with Crippen LogP contribution in [0.4, 0.5) is 0 Å². The van der Waals surface area contributed by atoms with E-state index in [0.29, 0.717) is 0 Å². The summed E-state index contributed by atoms with van der Waals surface area (Å²) in [5, 5.41) is 0. The average Bonchev–Trinajstić information content (AvgIpc) is 2.17. The van der Waals surface area contributed by atoms with Gasteiger partial charge in [-0.3, -0.25) is 8.42 Å². The van der Waals surface area contributed by atoms with E-state index in [0.717, 1.165) is 0 Å².